The third-order valence-electron chi connectivity index (χ3n) is 13.0. The molecule has 4 N–H and O–H groups in total. The second-order valence-electron chi connectivity index (χ2n) is 19.0. The summed E-state index contributed by atoms with van der Waals surface area (Å²) in [6.07, 6.45) is 44.3. The Kier molecular flexibility index (Phi) is 43.3. The van der Waals surface area contributed by atoms with Gasteiger partial charge in [0.05, 0.1) is 19.8 Å². The van der Waals surface area contributed by atoms with Crippen LogP contribution in [-0.4, -0.2) is 89.6 Å². The van der Waals surface area contributed by atoms with Crippen molar-refractivity contribution >= 4 is 5.97 Å². The fourth-order valence-electron chi connectivity index (χ4n) is 8.79. The number of rotatable bonds is 48. The molecular formula is C53H104O9. The van der Waals surface area contributed by atoms with Crippen molar-refractivity contribution in [2.75, 3.05) is 26.4 Å². The van der Waals surface area contributed by atoms with E-state index >= 15 is 0 Å². The Morgan fingerprint density at radius 1 is 0.452 bits per heavy atom. The molecule has 9 nitrogen and oxygen atoms in total. The van der Waals surface area contributed by atoms with E-state index in [9.17, 15) is 25.2 Å². The third-order valence-corrected chi connectivity index (χ3v) is 13.0. The fraction of sp³-hybridized carbons (Fsp3) is 0.981. The van der Waals surface area contributed by atoms with E-state index in [4.69, 9.17) is 18.9 Å². The molecule has 9 heteroatoms. The van der Waals surface area contributed by atoms with Crippen molar-refractivity contribution in [1.29, 1.82) is 0 Å². The first kappa shape index (κ1) is 59.2. The highest BCUT2D eigenvalue weighted by Crippen LogP contribution is 2.23. The van der Waals surface area contributed by atoms with Crippen molar-refractivity contribution < 1.29 is 44.2 Å². The van der Waals surface area contributed by atoms with Crippen LogP contribution in [0, 0.1) is 0 Å². The second-order valence-corrected chi connectivity index (χ2v) is 19.0. The number of esters is 1. The van der Waals surface area contributed by atoms with Gasteiger partial charge >= 0.3 is 5.97 Å². The first-order valence-electron chi connectivity index (χ1n) is 27.1. The van der Waals surface area contributed by atoms with E-state index in [1.807, 2.05) is 0 Å². The van der Waals surface area contributed by atoms with Crippen molar-refractivity contribution in [3.05, 3.63) is 0 Å². The van der Waals surface area contributed by atoms with Gasteiger partial charge in [-0.15, -0.1) is 0 Å². The number of carbonyl (C=O) groups is 1. The molecule has 0 saturated carbocycles. The van der Waals surface area contributed by atoms with Gasteiger partial charge in [0, 0.05) is 13.0 Å². The number of hydrogen-bond donors (Lipinski definition) is 4. The molecular weight excluding hydrogens is 781 g/mol. The van der Waals surface area contributed by atoms with Crippen LogP contribution in [0.15, 0.2) is 0 Å². The van der Waals surface area contributed by atoms with Crippen molar-refractivity contribution in [2.24, 2.45) is 0 Å². The van der Waals surface area contributed by atoms with Gasteiger partial charge in [0.15, 0.2) is 6.29 Å². The van der Waals surface area contributed by atoms with Gasteiger partial charge < -0.3 is 39.4 Å². The molecule has 0 bridgehead atoms. The Bertz CT molecular complexity index is 920. The summed E-state index contributed by atoms with van der Waals surface area (Å²) < 4.78 is 22.9. The van der Waals surface area contributed by atoms with Gasteiger partial charge in [0.1, 0.15) is 30.5 Å². The Hall–Kier alpha value is -0.810. The number of hydrogen-bond acceptors (Lipinski definition) is 9. The summed E-state index contributed by atoms with van der Waals surface area (Å²) in [4.78, 5) is 12.8. The predicted molar refractivity (Wildman–Crippen MR) is 256 cm³/mol. The van der Waals surface area contributed by atoms with Crippen molar-refractivity contribution in [3.8, 4) is 0 Å². The van der Waals surface area contributed by atoms with Crippen molar-refractivity contribution in [2.45, 2.75) is 307 Å². The van der Waals surface area contributed by atoms with Gasteiger partial charge in [0.25, 0.3) is 0 Å². The summed E-state index contributed by atoms with van der Waals surface area (Å²) in [7, 11) is 0. The first-order chi connectivity index (χ1) is 30.4. The lowest BCUT2D eigenvalue weighted by Crippen LogP contribution is -2.59. The fourth-order valence-corrected chi connectivity index (χ4v) is 8.79. The van der Waals surface area contributed by atoms with Crippen LogP contribution >= 0.6 is 0 Å². The minimum atomic E-state index is -1.53. The zero-order valence-electron chi connectivity index (χ0n) is 40.9. The van der Waals surface area contributed by atoms with Gasteiger partial charge in [-0.05, 0) is 12.8 Å². The number of carbonyl (C=O) groups excluding carboxylic acids is 1. The zero-order chi connectivity index (χ0) is 45.0. The largest absolute Gasteiger partial charge is 0.457 e. The summed E-state index contributed by atoms with van der Waals surface area (Å²) in [6, 6.07) is 0. The lowest BCUT2D eigenvalue weighted by molar-refractivity contribution is -0.305. The molecule has 0 radical (unpaired) electrons. The van der Waals surface area contributed by atoms with E-state index in [-0.39, 0.29) is 19.2 Å². The van der Waals surface area contributed by atoms with E-state index in [0.717, 1.165) is 32.1 Å². The molecule has 0 spiro atoms. The quantitative estimate of drug-likeness (QED) is 0.0348. The van der Waals surface area contributed by atoms with Gasteiger partial charge in [-0.2, -0.15) is 0 Å². The molecule has 1 fully saturated rings. The molecule has 370 valence electrons. The molecule has 0 aromatic rings. The van der Waals surface area contributed by atoms with Gasteiger partial charge in [-0.25, -0.2) is 0 Å². The maximum absolute atomic E-state index is 12.8. The molecule has 0 aromatic heterocycles. The molecule has 1 aliphatic rings. The molecule has 0 amide bonds. The maximum atomic E-state index is 12.8. The molecule has 1 heterocycles. The lowest BCUT2D eigenvalue weighted by atomic mass is 9.99. The predicted octanol–water partition coefficient (Wildman–Crippen LogP) is 13.4. The standard InChI is InChI=1S/C53H104O9/c1-3-5-7-9-11-13-15-17-19-21-22-23-24-25-26-27-29-31-33-35-37-39-41-43-59-45-47(46-60-53-52(58)51(57)50(56)48(44-54)62-53)61-49(55)42-40-38-36-34-32-30-28-20-18-16-14-12-10-8-6-4-2/h47-48,50-54,56-58H,3-46H2,1-2H3. The summed E-state index contributed by atoms with van der Waals surface area (Å²) >= 11 is 0. The van der Waals surface area contributed by atoms with Crippen LogP contribution in [0.3, 0.4) is 0 Å². The number of aliphatic hydroxyl groups excluding tert-OH is 4. The third kappa shape index (κ3) is 35.5. The van der Waals surface area contributed by atoms with Gasteiger partial charge in [0.2, 0.25) is 0 Å². The van der Waals surface area contributed by atoms with Gasteiger partial charge in [-0.3, -0.25) is 4.79 Å². The normalized spacial score (nSPS) is 19.6. The van der Waals surface area contributed by atoms with E-state index in [1.54, 1.807) is 0 Å². The monoisotopic (exact) mass is 885 g/mol. The van der Waals surface area contributed by atoms with Crippen LogP contribution in [0.4, 0.5) is 0 Å². The molecule has 0 aromatic carbocycles. The Labute approximate surface area is 383 Å². The van der Waals surface area contributed by atoms with Crippen molar-refractivity contribution in [3.63, 3.8) is 0 Å². The van der Waals surface area contributed by atoms with Crippen molar-refractivity contribution in [1.82, 2.24) is 0 Å². The smallest absolute Gasteiger partial charge is 0.306 e. The first-order valence-corrected chi connectivity index (χ1v) is 27.1. The van der Waals surface area contributed by atoms with Crippen LogP contribution < -0.4 is 0 Å². The SMILES string of the molecule is CCCCCCCCCCCCCCCCCCCCCCCCCOCC(COC1OC(CO)C(O)C(O)C1O)OC(=O)CCCCCCCCCCCCCCCCCC. The summed E-state index contributed by atoms with van der Waals surface area (Å²) in [6.45, 7) is 4.63. The maximum Gasteiger partial charge on any atom is 0.306 e. The number of ether oxygens (including phenoxy) is 4. The Balaban J connectivity index is 2.14. The van der Waals surface area contributed by atoms with Crippen LogP contribution in [0.2, 0.25) is 0 Å². The van der Waals surface area contributed by atoms with E-state index < -0.39 is 43.4 Å². The number of aliphatic hydroxyl groups is 4. The minimum Gasteiger partial charge on any atom is -0.457 e. The minimum absolute atomic E-state index is 0.104. The van der Waals surface area contributed by atoms with Crippen LogP contribution in [-0.2, 0) is 23.7 Å². The number of unbranched alkanes of at least 4 members (excludes halogenated alkanes) is 37. The van der Waals surface area contributed by atoms with E-state index in [1.165, 1.54) is 218 Å². The van der Waals surface area contributed by atoms with Crippen LogP contribution in [0.1, 0.15) is 271 Å². The average molecular weight is 885 g/mol. The highest BCUT2D eigenvalue weighted by atomic mass is 16.7. The molecule has 1 rings (SSSR count). The molecule has 62 heavy (non-hydrogen) atoms. The van der Waals surface area contributed by atoms with Crippen LogP contribution in [0.25, 0.3) is 0 Å². The molecule has 6 atom stereocenters. The highest BCUT2D eigenvalue weighted by Gasteiger charge is 2.44. The van der Waals surface area contributed by atoms with E-state index in [0.29, 0.717) is 13.0 Å². The molecule has 0 aliphatic carbocycles. The van der Waals surface area contributed by atoms with E-state index in [2.05, 4.69) is 13.8 Å². The van der Waals surface area contributed by atoms with Gasteiger partial charge in [-0.1, -0.05) is 251 Å². The second kappa shape index (κ2) is 45.4. The van der Waals surface area contributed by atoms with Crippen LogP contribution in [0.5, 0.6) is 0 Å². The average Bonchev–Trinajstić information content (AvgIpc) is 3.27. The molecule has 1 aliphatic heterocycles. The summed E-state index contributed by atoms with van der Waals surface area (Å²) in [5, 5.41) is 40.3. The zero-order valence-corrected chi connectivity index (χ0v) is 40.9. The Morgan fingerprint density at radius 3 is 1.15 bits per heavy atom. The summed E-state index contributed by atoms with van der Waals surface area (Å²) in [5.74, 6) is -0.305. The lowest BCUT2D eigenvalue weighted by Gasteiger charge is -2.39. The highest BCUT2D eigenvalue weighted by molar-refractivity contribution is 5.69. The Morgan fingerprint density at radius 2 is 0.790 bits per heavy atom. The topological polar surface area (TPSA) is 135 Å². The summed E-state index contributed by atoms with van der Waals surface area (Å²) in [5.41, 5.74) is 0. The molecule has 6 unspecified atom stereocenters. The molecule has 1 saturated heterocycles.